The molecule has 2 aliphatic rings. The van der Waals surface area contributed by atoms with Gasteiger partial charge in [0.25, 0.3) is 0 Å². The molecule has 2 fully saturated rings. The molecule has 0 aliphatic carbocycles. The Balaban J connectivity index is 1.05. The zero-order chi connectivity index (χ0) is 42.7. The van der Waals surface area contributed by atoms with E-state index in [4.69, 9.17) is 8.37 Å². The number of benzene rings is 4. The van der Waals surface area contributed by atoms with Gasteiger partial charge >= 0.3 is 22.7 Å². The molecule has 2 unspecified atom stereocenters. The standard InChI is InChI=1S/C40H42N14O6S2/c55-61(56)59-33-25-31(45-37-47-35(43-29-7-3-1-4-8-29)49-39(51-37)53-21-17-41-18-22-53)15-13-27(33)11-12-28-14-16-32(26-34(28)60-62(57)58)46-38-48-36(44-30-9-5-2-6-10-30)50-40(52-38)54-23-19-42-20-24-54/h1-16,25-26,41-42H,17-24H2,(H,55,56)(H,57,58)(H2,43,45,47,49,51)(H2,44,46,48,50,52)/b12-11+. The Kier molecular flexibility index (Phi) is 13.6. The Bertz CT molecular complexity index is 2380. The second kappa shape index (κ2) is 20.2. The molecule has 2 aliphatic heterocycles. The fraction of sp³-hybridized carbons (Fsp3) is 0.200. The summed E-state index contributed by atoms with van der Waals surface area (Å²) in [7, 11) is 0. The predicted octanol–water partition coefficient (Wildman–Crippen LogP) is 5.05. The van der Waals surface area contributed by atoms with Gasteiger partial charge in [0.15, 0.2) is 11.5 Å². The Labute approximate surface area is 361 Å². The number of hydrogen-bond acceptors (Lipinski definition) is 18. The molecule has 0 amide bonds. The van der Waals surface area contributed by atoms with Crippen molar-refractivity contribution in [3.8, 4) is 11.5 Å². The first-order valence-electron chi connectivity index (χ1n) is 19.5. The summed E-state index contributed by atoms with van der Waals surface area (Å²) >= 11 is -5.35. The van der Waals surface area contributed by atoms with Crippen molar-refractivity contribution in [2.24, 2.45) is 0 Å². The molecule has 8 rings (SSSR count). The highest BCUT2D eigenvalue weighted by atomic mass is 32.2. The van der Waals surface area contributed by atoms with E-state index >= 15 is 0 Å². The van der Waals surface area contributed by atoms with E-state index in [1.165, 1.54) is 12.1 Å². The van der Waals surface area contributed by atoms with Crippen molar-refractivity contribution in [2.75, 3.05) is 83.4 Å². The summed E-state index contributed by atoms with van der Waals surface area (Å²) in [6.45, 7) is 5.96. The van der Waals surface area contributed by atoms with E-state index < -0.39 is 22.7 Å². The molecule has 4 aromatic carbocycles. The van der Waals surface area contributed by atoms with Crippen LogP contribution in [0.1, 0.15) is 11.1 Å². The Morgan fingerprint density at radius 2 is 0.855 bits per heavy atom. The second-order valence-corrected chi connectivity index (χ2v) is 14.9. The van der Waals surface area contributed by atoms with Crippen molar-refractivity contribution in [3.05, 3.63) is 108 Å². The minimum absolute atomic E-state index is 0.0487. The maximum absolute atomic E-state index is 12.0. The van der Waals surface area contributed by atoms with Crippen molar-refractivity contribution in [1.82, 2.24) is 40.5 Å². The average Bonchev–Trinajstić information content (AvgIpc) is 3.27. The molecule has 0 bridgehead atoms. The molecule has 0 spiro atoms. The quantitative estimate of drug-likeness (QED) is 0.0468. The van der Waals surface area contributed by atoms with Crippen LogP contribution < -0.4 is 50.1 Å². The summed E-state index contributed by atoms with van der Waals surface area (Å²) < 4.78 is 54.1. The first-order chi connectivity index (χ1) is 30.3. The maximum atomic E-state index is 12.0. The van der Waals surface area contributed by atoms with E-state index in [1.807, 2.05) is 60.7 Å². The molecule has 320 valence electrons. The number of nitrogens with zero attached hydrogens (tertiary/aromatic N) is 8. The van der Waals surface area contributed by atoms with Crippen LogP contribution in [-0.2, 0) is 22.7 Å². The Morgan fingerprint density at radius 3 is 1.21 bits per heavy atom. The van der Waals surface area contributed by atoms with Crippen LogP contribution in [0.3, 0.4) is 0 Å². The highest BCUT2D eigenvalue weighted by molar-refractivity contribution is 7.74. The third-order valence-electron chi connectivity index (χ3n) is 9.41. The molecule has 2 aromatic heterocycles. The SMILES string of the molecule is O=S(O)Oc1cc(Nc2nc(Nc3ccccc3)nc(N3CCNCC3)n2)ccc1/C=C/c1ccc(Nc2nc(Nc3ccccc3)nc(N3CCNCC3)n2)cc1OS(=O)O. The molecule has 8 N–H and O–H groups in total. The normalized spacial score (nSPS) is 15.1. The zero-order valence-electron chi connectivity index (χ0n) is 33.0. The molecular weight excluding hydrogens is 837 g/mol. The predicted molar refractivity (Wildman–Crippen MR) is 240 cm³/mol. The molecule has 4 heterocycles. The van der Waals surface area contributed by atoms with Crippen LogP contribution in [0, 0.1) is 0 Å². The van der Waals surface area contributed by atoms with Crippen molar-refractivity contribution in [1.29, 1.82) is 0 Å². The van der Waals surface area contributed by atoms with Gasteiger partial charge < -0.3 is 50.1 Å². The lowest BCUT2D eigenvalue weighted by molar-refractivity contribution is 0.456. The second-order valence-electron chi connectivity index (χ2n) is 13.7. The molecule has 62 heavy (non-hydrogen) atoms. The summed E-state index contributed by atoms with van der Waals surface area (Å²) in [5, 5.41) is 19.5. The van der Waals surface area contributed by atoms with E-state index in [1.54, 1.807) is 36.4 Å². The van der Waals surface area contributed by atoms with Crippen LogP contribution >= 0.6 is 0 Å². The monoisotopic (exact) mass is 878 g/mol. The summed E-state index contributed by atoms with van der Waals surface area (Å²) in [4.78, 5) is 32.0. The lowest BCUT2D eigenvalue weighted by Crippen LogP contribution is -2.44. The number of anilines is 10. The van der Waals surface area contributed by atoms with Crippen LogP contribution in [0.25, 0.3) is 12.2 Å². The summed E-state index contributed by atoms with van der Waals surface area (Å²) in [5.41, 5.74) is 3.33. The number of hydrogen-bond donors (Lipinski definition) is 8. The van der Waals surface area contributed by atoms with Crippen LogP contribution in [-0.4, -0.2) is 99.8 Å². The molecule has 0 saturated carbocycles. The van der Waals surface area contributed by atoms with Gasteiger partial charge in [0.2, 0.25) is 35.7 Å². The van der Waals surface area contributed by atoms with E-state index in [2.05, 4.69) is 71.6 Å². The first kappa shape index (κ1) is 41.9. The minimum Gasteiger partial charge on any atom is -0.379 e. The average molecular weight is 879 g/mol. The van der Waals surface area contributed by atoms with E-state index in [9.17, 15) is 17.5 Å². The Morgan fingerprint density at radius 1 is 0.500 bits per heavy atom. The number of nitrogens with one attached hydrogen (secondary N) is 6. The largest absolute Gasteiger partial charge is 0.379 e. The smallest absolute Gasteiger partial charge is 0.357 e. The van der Waals surface area contributed by atoms with Gasteiger partial charge in [0, 0.05) is 98.4 Å². The van der Waals surface area contributed by atoms with Crippen molar-refractivity contribution >= 4 is 93.3 Å². The minimum atomic E-state index is -2.67. The molecule has 0 radical (unpaired) electrons. The first-order valence-corrected chi connectivity index (χ1v) is 21.5. The van der Waals surface area contributed by atoms with Crippen molar-refractivity contribution in [3.63, 3.8) is 0 Å². The number of piperazine rings is 2. The van der Waals surface area contributed by atoms with Gasteiger partial charge in [-0.25, -0.2) is 0 Å². The van der Waals surface area contributed by atoms with Crippen LogP contribution in [0.5, 0.6) is 11.5 Å². The summed E-state index contributed by atoms with van der Waals surface area (Å²) in [6.07, 6.45) is 3.23. The third-order valence-corrected chi connectivity index (χ3v) is 10.1. The van der Waals surface area contributed by atoms with E-state index in [-0.39, 0.29) is 23.4 Å². The fourth-order valence-corrected chi connectivity index (χ4v) is 7.10. The highest BCUT2D eigenvalue weighted by Gasteiger charge is 2.19. The van der Waals surface area contributed by atoms with Crippen LogP contribution in [0.4, 0.5) is 58.4 Å². The number of para-hydroxylation sites is 2. The molecule has 22 heteroatoms. The summed E-state index contributed by atoms with van der Waals surface area (Å²) in [5.74, 6) is 2.19. The molecule has 20 nitrogen and oxygen atoms in total. The fourth-order valence-electron chi connectivity index (χ4n) is 6.50. The van der Waals surface area contributed by atoms with Crippen molar-refractivity contribution < 1.29 is 25.9 Å². The zero-order valence-corrected chi connectivity index (χ0v) is 34.6. The topological polar surface area (TPSA) is 249 Å². The van der Waals surface area contributed by atoms with Crippen LogP contribution in [0.15, 0.2) is 97.1 Å². The van der Waals surface area contributed by atoms with Gasteiger partial charge in [-0.05, 0) is 48.5 Å². The van der Waals surface area contributed by atoms with Gasteiger partial charge in [-0.15, -0.1) is 0 Å². The van der Waals surface area contributed by atoms with Gasteiger partial charge in [-0.1, -0.05) is 48.6 Å². The molecular formula is C40H42N14O6S2. The van der Waals surface area contributed by atoms with Gasteiger partial charge in [-0.3, -0.25) is 9.11 Å². The Hall–Kier alpha value is -6.82. The lowest BCUT2D eigenvalue weighted by Gasteiger charge is -2.27. The third kappa shape index (κ3) is 11.5. The van der Waals surface area contributed by atoms with Gasteiger partial charge in [-0.2, -0.15) is 38.3 Å². The van der Waals surface area contributed by atoms with E-state index in [0.29, 0.717) is 72.5 Å². The van der Waals surface area contributed by atoms with Gasteiger partial charge in [0.05, 0.1) is 0 Å². The van der Waals surface area contributed by atoms with Crippen molar-refractivity contribution in [2.45, 2.75) is 0 Å². The van der Waals surface area contributed by atoms with Crippen LogP contribution in [0.2, 0.25) is 0 Å². The molecule has 6 aromatic rings. The molecule has 2 saturated heterocycles. The number of rotatable bonds is 16. The molecule has 2 atom stereocenters. The van der Waals surface area contributed by atoms with E-state index in [0.717, 1.165) is 37.6 Å². The number of aromatic nitrogens is 6. The summed E-state index contributed by atoms with van der Waals surface area (Å²) in [6, 6.07) is 28.9. The highest BCUT2D eigenvalue weighted by Crippen LogP contribution is 2.32. The maximum Gasteiger partial charge on any atom is 0.357 e. The lowest BCUT2D eigenvalue weighted by atomic mass is 10.1. The van der Waals surface area contributed by atoms with Gasteiger partial charge in [0.1, 0.15) is 0 Å².